The van der Waals surface area contributed by atoms with Crippen molar-refractivity contribution in [3.63, 3.8) is 0 Å². The van der Waals surface area contributed by atoms with Crippen molar-refractivity contribution in [2.75, 3.05) is 5.32 Å². The van der Waals surface area contributed by atoms with E-state index in [4.69, 9.17) is 0 Å². The van der Waals surface area contributed by atoms with E-state index in [9.17, 15) is 0 Å². The second-order valence-corrected chi connectivity index (χ2v) is 7.30. The molecule has 0 saturated heterocycles. The Balaban J connectivity index is 1.42. The molecule has 6 nitrogen and oxygen atoms in total. The number of rotatable bonds is 6. The molecule has 0 atom stereocenters. The Morgan fingerprint density at radius 1 is 1.00 bits per heavy atom. The van der Waals surface area contributed by atoms with Crippen molar-refractivity contribution < 1.29 is 0 Å². The molecular weight excluding hydrogens is 324 g/mol. The summed E-state index contributed by atoms with van der Waals surface area (Å²) in [5.74, 6) is 4.92. The summed E-state index contributed by atoms with van der Waals surface area (Å²) in [5.41, 5.74) is 2.13. The molecule has 6 heteroatoms. The number of benzene rings is 1. The third kappa shape index (κ3) is 3.07. The van der Waals surface area contributed by atoms with E-state index in [0.717, 1.165) is 34.7 Å². The quantitative estimate of drug-likeness (QED) is 0.736. The lowest BCUT2D eigenvalue weighted by Crippen LogP contribution is -2.11. The van der Waals surface area contributed by atoms with Crippen LogP contribution in [0.5, 0.6) is 0 Å². The molecule has 2 fully saturated rings. The second kappa shape index (κ2) is 6.20. The van der Waals surface area contributed by atoms with Crippen LogP contribution in [-0.2, 0) is 6.54 Å². The number of hydrogen-bond donors (Lipinski definition) is 1. The first-order chi connectivity index (χ1) is 12.8. The van der Waals surface area contributed by atoms with E-state index in [1.807, 2.05) is 19.1 Å². The number of para-hydroxylation sites is 1. The lowest BCUT2D eigenvalue weighted by atomic mass is 10.3. The van der Waals surface area contributed by atoms with E-state index in [-0.39, 0.29) is 0 Å². The fraction of sp³-hybridized carbons (Fsp3) is 0.400. The number of anilines is 1. The maximum atomic E-state index is 4.69. The topological polar surface area (TPSA) is 68.5 Å². The average molecular weight is 346 g/mol. The fourth-order valence-electron chi connectivity index (χ4n) is 3.28. The molecule has 3 aromatic rings. The van der Waals surface area contributed by atoms with Crippen molar-refractivity contribution in [2.45, 2.75) is 51.0 Å². The lowest BCUT2D eigenvalue weighted by molar-refractivity contribution is 0.834. The molecule has 26 heavy (non-hydrogen) atoms. The second-order valence-electron chi connectivity index (χ2n) is 7.30. The van der Waals surface area contributed by atoms with Gasteiger partial charge in [-0.2, -0.15) is 0 Å². The zero-order chi connectivity index (χ0) is 17.5. The molecular formula is C20H22N6. The van der Waals surface area contributed by atoms with Crippen LogP contribution in [0.25, 0.3) is 5.69 Å². The highest BCUT2D eigenvalue weighted by molar-refractivity contribution is 5.39. The number of aryl methyl sites for hydroxylation is 1. The Labute approximate surface area is 152 Å². The summed E-state index contributed by atoms with van der Waals surface area (Å²) in [7, 11) is 0. The normalized spacial score (nSPS) is 16.7. The van der Waals surface area contributed by atoms with Crippen LogP contribution in [0.15, 0.2) is 36.4 Å². The molecule has 0 radical (unpaired) electrons. The van der Waals surface area contributed by atoms with Crippen molar-refractivity contribution in [3.05, 3.63) is 59.6 Å². The molecule has 0 spiro atoms. The van der Waals surface area contributed by atoms with Gasteiger partial charge in [0.25, 0.3) is 0 Å². The van der Waals surface area contributed by atoms with Gasteiger partial charge in [-0.05, 0) is 44.7 Å². The SMILES string of the molecule is Cc1cc(NCc2nnc(C3CC3)n2-c2ccccc2)nc(C2CC2)n1. The van der Waals surface area contributed by atoms with Crippen molar-refractivity contribution in [3.8, 4) is 5.69 Å². The van der Waals surface area contributed by atoms with Crippen LogP contribution in [0.2, 0.25) is 0 Å². The summed E-state index contributed by atoms with van der Waals surface area (Å²) in [6.45, 7) is 2.62. The van der Waals surface area contributed by atoms with Gasteiger partial charge >= 0.3 is 0 Å². The molecule has 2 aromatic heterocycles. The molecule has 0 aliphatic heterocycles. The van der Waals surface area contributed by atoms with Gasteiger partial charge in [-0.25, -0.2) is 9.97 Å². The molecule has 1 N–H and O–H groups in total. The summed E-state index contributed by atoms with van der Waals surface area (Å²) in [4.78, 5) is 9.25. The van der Waals surface area contributed by atoms with Crippen molar-refractivity contribution >= 4 is 5.82 Å². The third-order valence-electron chi connectivity index (χ3n) is 4.95. The van der Waals surface area contributed by atoms with Gasteiger partial charge in [-0.1, -0.05) is 18.2 Å². The molecule has 1 aromatic carbocycles. The van der Waals surface area contributed by atoms with E-state index < -0.39 is 0 Å². The van der Waals surface area contributed by atoms with E-state index >= 15 is 0 Å². The van der Waals surface area contributed by atoms with Gasteiger partial charge in [0.2, 0.25) is 0 Å². The molecule has 2 aliphatic rings. The van der Waals surface area contributed by atoms with Gasteiger partial charge in [-0.3, -0.25) is 4.57 Å². The summed E-state index contributed by atoms with van der Waals surface area (Å²) in [6, 6.07) is 12.4. The van der Waals surface area contributed by atoms with Gasteiger partial charge in [0.15, 0.2) is 5.82 Å². The molecule has 2 aliphatic carbocycles. The van der Waals surface area contributed by atoms with Gasteiger partial charge in [-0.15, -0.1) is 10.2 Å². The van der Waals surface area contributed by atoms with E-state index in [2.05, 4.69) is 54.3 Å². The summed E-state index contributed by atoms with van der Waals surface area (Å²) >= 11 is 0. The van der Waals surface area contributed by atoms with Crippen LogP contribution in [0.3, 0.4) is 0 Å². The van der Waals surface area contributed by atoms with Crippen LogP contribution in [0, 0.1) is 6.92 Å². The van der Waals surface area contributed by atoms with Gasteiger partial charge in [0.05, 0.1) is 6.54 Å². The maximum absolute atomic E-state index is 4.69. The predicted octanol–water partition coefficient (Wildman–Crippen LogP) is 3.73. The number of aromatic nitrogens is 5. The minimum atomic E-state index is 0.541. The van der Waals surface area contributed by atoms with Crippen LogP contribution >= 0.6 is 0 Å². The van der Waals surface area contributed by atoms with Crippen molar-refractivity contribution in [1.82, 2.24) is 24.7 Å². The summed E-state index contributed by atoms with van der Waals surface area (Å²) in [5, 5.41) is 12.4. The zero-order valence-corrected chi connectivity index (χ0v) is 14.9. The lowest BCUT2D eigenvalue weighted by Gasteiger charge is -2.12. The first-order valence-corrected chi connectivity index (χ1v) is 9.37. The maximum Gasteiger partial charge on any atom is 0.157 e. The minimum absolute atomic E-state index is 0.541. The molecule has 0 amide bonds. The van der Waals surface area contributed by atoms with E-state index in [0.29, 0.717) is 18.4 Å². The van der Waals surface area contributed by atoms with E-state index in [1.165, 1.54) is 25.7 Å². The zero-order valence-electron chi connectivity index (χ0n) is 14.9. The van der Waals surface area contributed by atoms with Crippen LogP contribution in [0.1, 0.15) is 60.7 Å². The van der Waals surface area contributed by atoms with Crippen LogP contribution in [-0.4, -0.2) is 24.7 Å². The number of nitrogens with zero attached hydrogens (tertiary/aromatic N) is 5. The Hall–Kier alpha value is -2.76. The van der Waals surface area contributed by atoms with Crippen LogP contribution < -0.4 is 5.32 Å². The van der Waals surface area contributed by atoms with Crippen molar-refractivity contribution in [1.29, 1.82) is 0 Å². The molecule has 2 saturated carbocycles. The largest absolute Gasteiger partial charge is 0.363 e. The first-order valence-electron chi connectivity index (χ1n) is 9.37. The smallest absolute Gasteiger partial charge is 0.157 e. The Morgan fingerprint density at radius 2 is 1.77 bits per heavy atom. The third-order valence-corrected chi connectivity index (χ3v) is 4.95. The Kier molecular flexibility index (Phi) is 3.69. The predicted molar refractivity (Wildman–Crippen MR) is 99.4 cm³/mol. The average Bonchev–Trinajstić information content (AvgIpc) is 3.57. The van der Waals surface area contributed by atoms with E-state index in [1.54, 1.807) is 0 Å². The molecule has 132 valence electrons. The monoisotopic (exact) mass is 346 g/mol. The minimum Gasteiger partial charge on any atom is -0.363 e. The summed E-state index contributed by atoms with van der Waals surface area (Å²) < 4.78 is 2.19. The van der Waals surface area contributed by atoms with Gasteiger partial charge in [0.1, 0.15) is 17.5 Å². The molecule has 2 heterocycles. The summed E-state index contributed by atoms with van der Waals surface area (Å²) in [6.07, 6.45) is 4.81. The number of nitrogens with one attached hydrogen (secondary N) is 1. The van der Waals surface area contributed by atoms with Crippen molar-refractivity contribution in [2.24, 2.45) is 0 Å². The fourth-order valence-corrected chi connectivity index (χ4v) is 3.28. The van der Waals surface area contributed by atoms with Gasteiger partial charge < -0.3 is 5.32 Å². The highest BCUT2D eigenvalue weighted by Gasteiger charge is 2.31. The standard InChI is InChI=1S/C20H22N6/c1-13-11-17(23-19(22-13)14-7-8-14)21-12-18-24-25-20(15-9-10-15)26(18)16-5-3-2-4-6-16/h2-6,11,14-15H,7-10,12H2,1H3,(H,21,22,23). The van der Waals surface area contributed by atoms with Crippen LogP contribution in [0.4, 0.5) is 5.82 Å². The highest BCUT2D eigenvalue weighted by Crippen LogP contribution is 2.40. The molecule has 5 rings (SSSR count). The molecule has 0 unspecified atom stereocenters. The first kappa shape index (κ1) is 15.5. The highest BCUT2D eigenvalue weighted by atomic mass is 15.3. The Bertz CT molecular complexity index is 925. The number of hydrogen-bond acceptors (Lipinski definition) is 5. The molecule has 0 bridgehead atoms. The van der Waals surface area contributed by atoms with Gasteiger partial charge in [0, 0.05) is 29.3 Å². The Morgan fingerprint density at radius 3 is 2.50 bits per heavy atom.